The molecule has 0 aliphatic carbocycles. The summed E-state index contributed by atoms with van der Waals surface area (Å²) in [4.78, 5) is 53.7. The summed E-state index contributed by atoms with van der Waals surface area (Å²) in [5, 5.41) is 5.46. The third-order valence-electron chi connectivity index (χ3n) is 7.09. The number of carbonyl (C=O) groups is 3. The Bertz CT molecular complexity index is 1760. The SMILES string of the molecule is CN[C@@H](C)C(=O)Nc1ccc(-c2cc(C(=O)N(C)C)ccc2C)n(Cc2cc(F)cc(C(=O)c3ccc(F)cc3)c2)c1=O. The van der Waals surface area contributed by atoms with Crippen molar-refractivity contribution in [3.05, 3.63) is 123 Å². The number of nitrogens with one attached hydrogen (secondary N) is 2. The van der Waals surface area contributed by atoms with E-state index in [9.17, 15) is 28.0 Å². The van der Waals surface area contributed by atoms with Gasteiger partial charge in [0, 0.05) is 36.3 Å². The van der Waals surface area contributed by atoms with Crippen LogP contribution >= 0.6 is 0 Å². The predicted octanol–water partition coefficient (Wildman–Crippen LogP) is 4.63. The highest BCUT2D eigenvalue weighted by atomic mass is 19.1. The minimum atomic E-state index is -0.695. The van der Waals surface area contributed by atoms with Crippen LogP contribution in [0.3, 0.4) is 0 Å². The summed E-state index contributed by atoms with van der Waals surface area (Å²) in [5.41, 5.74) is 2.14. The van der Waals surface area contributed by atoms with Gasteiger partial charge in [-0.2, -0.15) is 0 Å². The molecule has 0 spiro atoms. The number of halogens is 2. The van der Waals surface area contributed by atoms with E-state index in [0.29, 0.717) is 22.4 Å². The number of anilines is 1. The summed E-state index contributed by atoms with van der Waals surface area (Å²) in [6, 6.07) is 16.4. The number of amides is 2. The smallest absolute Gasteiger partial charge is 0.275 e. The lowest BCUT2D eigenvalue weighted by atomic mass is 9.99. The van der Waals surface area contributed by atoms with E-state index >= 15 is 0 Å². The molecule has 1 aromatic heterocycles. The van der Waals surface area contributed by atoms with E-state index < -0.39 is 34.9 Å². The molecule has 0 saturated heterocycles. The van der Waals surface area contributed by atoms with Gasteiger partial charge in [0.2, 0.25) is 5.91 Å². The van der Waals surface area contributed by atoms with Gasteiger partial charge in [-0.3, -0.25) is 19.2 Å². The van der Waals surface area contributed by atoms with E-state index in [2.05, 4.69) is 10.6 Å². The van der Waals surface area contributed by atoms with Gasteiger partial charge in [0.05, 0.1) is 18.3 Å². The van der Waals surface area contributed by atoms with Crippen LogP contribution in [0.15, 0.2) is 77.6 Å². The molecule has 2 amide bonds. The van der Waals surface area contributed by atoms with Crippen molar-refractivity contribution in [1.29, 1.82) is 0 Å². The van der Waals surface area contributed by atoms with Crippen molar-refractivity contribution in [2.75, 3.05) is 26.5 Å². The number of benzene rings is 3. The lowest BCUT2D eigenvalue weighted by molar-refractivity contribution is -0.117. The first-order valence-corrected chi connectivity index (χ1v) is 13.5. The molecule has 43 heavy (non-hydrogen) atoms. The van der Waals surface area contributed by atoms with Crippen LogP contribution in [-0.4, -0.2) is 54.2 Å². The number of ketones is 1. The van der Waals surface area contributed by atoms with E-state index in [0.717, 1.165) is 23.8 Å². The highest BCUT2D eigenvalue weighted by Gasteiger charge is 2.20. The van der Waals surface area contributed by atoms with Crippen molar-refractivity contribution >= 4 is 23.3 Å². The Morgan fingerprint density at radius 3 is 2.19 bits per heavy atom. The average Bonchev–Trinajstić information content (AvgIpc) is 2.98. The Kier molecular flexibility index (Phi) is 9.30. The van der Waals surface area contributed by atoms with Crippen LogP contribution in [0, 0.1) is 18.6 Å². The molecule has 1 heterocycles. The van der Waals surface area contributed by atoms with Gasteiger partial charge in [-0.05, 0) is 98.8 Å². The molecule has 0 saturated carbocycles. The van der Waals surface area contributed by atoms with Gasteiger partial charge in [0.25, 0.3) is 11.5 Å². The van der Waals surface area contributed by atoms with Crippen molar-refractivity contribution in [2.45, 2.75) is 26.4 Å². The normalized spacial score (nSPS) is 11.6. The second-order valence-electron chi connectivity index (χ2n) is 10.4. The quantitative estimate of drug-likeness (QED) is 0.279. The van der Waals surface area contributed by atoms with Crippen LogP contribution in [0.1, 0.15) is 44.3 Å². The monoisotopic (exact) mass is 586 g/mol. The maximum Gasteiger partial charge on any atom is 0.275 e. The van der Waals surface area contributed by atoms with Gasteiger partial charge in [0.1, 0.15) is 17.3 Å². The number of aromatic nitrogens is 1. The summed E-state index contributed by atoms with van der Waals surface area (Å²) in [6.07, 6.45) is 0. The molecule has 10 heteroatoms. The third kappa shape index (κ3) is 6.92. The number of nitrogens with zero attached hydrogens (tertiary/aromatic N) is 2. The van der Waals surface area contributed by atoms with Crippen molar-refractivity contribution in [3.8, 4) is 11.3 Å². The highest BCUT2D eigenvalue weighted by Crippen LogP contribution is 2.27. The Hall–Kier alpha value is -4.96. The number of hydrogen-bond donors (Lipinski definition) is 2. The zero-order valence-corrected chi connectivity index (χ0v) is 24.5. The number of hydrogen-bond acceptors (Lipinski definition) is 5. The van der Waals surface area contributed by atoms with Crippen LogP contribution in [0.2, 0.25) is 0 Å². The van der Waals surface area contributed by atoms with Crippen molar-refractivity contribution in [3.63, 3.8) is 0 Å². The predicted molar refractivity (Wildman–Crippen MR) is 161 cm³/mol. The molecule has 2 N–H and O–H groups in total. The minimum Gasteiger partial charge on any atom is -0.345 e. The third-order valence-corrected chi connectivity index (χ3v) is 7.09. The van der Waals surface area contributed by atoms with E-state index in [1.807, 2.05) is 6.92 Å². The summed E-state index contributed by atoms with van der Waals surface area (Å²) in [6.45, 7) is 3.32. The molecular formula is C33H32F2N4O4. The van der Waals surface area contributed by atoms with E-state index in [-0.39, 0.29) is 29.3 Å². The number of pyridine rings is 1. The van der Waals surface area contributed by atoms with Gasteiger partial charge < -0.3 is 20.1 Å². The van der Waals surface area contributed by atoms with Crippen molar-refractivity contribution in [1.82, 2.24) is 14.8 Å². The molecule has 4 rings (SSSR count). The number of carbonyl (C=O) groups excluding carboxylic acids is 3. The summed E-state index contributed by atoms with van der Waals surface area (Å²) in [5.74, 6) is -2.37. The summed E-state index contributed by atoms with van der Waals surface area (Å²) < 4.78 is 29.6. The molecule has 222 valence electrons. The summed E-state index contributed by atoms with van der Waals surface area (Å²) in [7, 11) is 4.89. The Morgan fingerprint density at radius 1 is 0.860 bits per heavy atom. The Labute approximate surface area is 248 Å². The molecule has 0 aliphatic rings. The molecule has 3 aromatic carbocycles. The zero-order chi connectivity index (χ0) is 31.4. The molecule has 4 aromatic rings. The van der Waals surface area contributed by atoms with E-state index in [1.54, 1.807) is 52.3 Å². The van der Waals surface area contributed by atoms with Crippen LogP contribution in [0.25, 0.3) is 11.3 Å². The van der Waals surface area contributed by atoms with Crippen LogP contribution in [0.4, 0.5) is 14.5 Å². The lowest BCUT2D eigenvalue weighted by Crippen LogP contribution is -2.37. The fourth-order valence-electron chi connectivity index (χ4n) is 4.55. The van der Waals surface area contributed by atoms with Crippen molar-refractivity contribution < 1.29 is 23.2 Å². The number of rotatable bonds is 9. The first-order chi connectivity index (χ1) is 20.4. The van der Waals surface area contributed by atoms with Gasteiger partial charge in [-0.1, -0.05) is 6.07 Å². The molecule has 8 nitrogen and oxygen atoms in total. The maximum absolute atomic E-state index is 14.8. The topological polar surface area (TPSA) is 101 Å². The first kappa shape index (κ1) is 31.0. The number of likely N-dealkylation sites (N-methyl/N-ethyl adjacent to an activating group) is 1. The zero-order valence-electron chi connectivity index (χ0n) is 24.5. The maximum atomic E-state index is 14.8. The molecular weight excluding hydrogens is 554 g/mol. The van der Waals surface area contributed by atoms with Gasteiger partial charge in [-0.25, -0.2) is 8.78 Å². The molecule has 1 atom stereocenters. The molecule has 0 radical (unpaired) electrons. The lowest BCUT2D eigenvalue weighted by Gasteiger charge is -2.19. The minimum absolute atomic E-state index is 0.00745. The largest absolute Gasteiger partial charge is 0.345 e. The fraction of sp³-hybridized carbons (Fsp3) is 0.212. The van der Waals surface area contributed by atoms with Gasteiger partial charge >= 0.3 is 0 Å². The van der Waals surface area contributed by atoms with Crippen LogP contribution in [0.5, 0.6) is 0 Å². The highest BCUT2D eigenvalue weighted by molar-refractivity contribution is 6.09. The van der Waals surface area contributed by atoms with E-state index in [4.69, 9.17) is 0 Å². The van der Waals surface area contributed by atoms with Gasteiger partial charge in [0.15, 0.2) is 5.78 Å². The second-order valence-corrected chi connectivity index (χ2v) is 10.4. The van der Waals surface area contributed by atoms with Gasteiger partial charge in [-0.15, -0.1) is 0 Å². The molecule has 0 fully saturated rings. The average molecular weight is 587 g/mol. The first-order valence-electron chi connectivity index (χ1n) is 13.5. The standard InChI is InChI=1S/C33H32F2N4O4/c1-19-6-7-23(32(42)38(4)5)17-27(19)29-13-12-28(37-31(41)20(2)36-3)33(43)39(29)18-21-14-24(16-26(35)15-21)30(40)22-8-10-25(34)11-9-22/h6-17,20,36H,18H2,1-5H3,(H,37,41)/t20-/m0/s1. The van der Waals surface area contributed by atoms with E-state index in [1.165, 1.54) is 39.8 Å². The Morgan fingerprint density at radius 2 is 1.53 bits per heavy atom. The molecule has 0 aliphatic heterocycles. The van der Waals surface area contributed by atoms with Crippen LogP contribution in [-0.2, 0) is 11.3 Å². The summed E-state index contributed by atoms with van der Waals surface area (Å²) >= 11 is 0. The molecule has 0 bridgehead atoms. The second kappa shape index (κ2) is 12.9. The Balaban J connectivity index is 1.85. The van der Waals surface area contributed by atoms with Crippen LogP contribution < -0.4 is 16.2 Å². The number of aryl methyl sites for hydroxylation is 1. The van der Waals surface area contributed by atoms with Crippen molar-refractivity contribution in [2.24, 2.45) is 0 Å². The fourth-order valence-corrected chi connectivity index (χ4v) is 4.55. The molecule has 0 unspecified atom stereocenters.